The summed E-state index contributed by atoms with van der Waals surface area (Å²) in [6, 6.07) is 11.5. The van der Waals surface area contributed by atoms with Crippen LogP contribution >= 0.6 is 11.6 Å². The summed E-state index contributed by atoms with van der Waals surface area (Å²) in [4.78, 5) is 80.0. The Labute approximate surface area is 342 Å². The van der Waals surface area contributed by atoms with Crippen LogP contribution in [0.4, 0.5) is 5.69 Å². The van der Waals surface area contributed by atoms with Gasteiger partial charge in [-0.2, -0.15) is 5.26 Å². The van der Waals surface area contributed by atoms with Crippen molar-refractivity contribution in [1.82, 2.24) is 25.3 Å². The van der Waals surface area contributed by atoms with Crippen LogP contribution in [-0.4, -0.2) is 121 Å². The minimum atomic E-state index is -0.982. The highest BCUT2D eigenvalue weighted by Crippen LogP contribution is 2.32. The molecule has 15 nitrogen and oxygen atoms in total. The van der Waals surface area contributed by atoms with Gasteiger partial charge in [0.05, 0.1) is 27.8 Å². The van der Waals surface area contributed by atoms with Crippen molar-refractivity contribution in [3.8, 4) is 11.8 Å². The van der Waals surface area contributed by atoms with Gasteiger partial charge in [-0.3, -0.25) is 39.1 Å². The van der Waals surface area contributed by atoms with Crippen molar-refractivity contribution in [2.75, 3.05) is 50.7 Å². The topological polar surface area (TPSA) is 180 Å². The number of piperidine rings is 2. The van der Waals surface area contributed by atoms with Crippen molar-refractivity contribution in [3.63, 3.8) is 0 Å². The molecule has 3 saturated heterocycles. The van der Waals surface area contributed by atoms with Crippen molar-refractivity contribution in [1.29, 1.82) is 5.26 Å². The third-order valence-electron chi connectivity index (χ3n) is 11.8. The van der Waals surface area contributed by atoms with Crippen molar-refractivity contribution in [2.45, 2.75) is 76.5 Å². The number of benzene rings is 2. The first kappa shape index (κ1) is 40.6. The molecule has 304 valence electrons. The molecule has 5 amide bonds. The Morgan fingerprint density at radius 1 is 0.966 bits per heavy atom. The van der Waals surface area contributed by atoms with E-state index >= 15 is 0 Å². The van der Waals surface area contributed by atoms with Crippen LogP contribution in [0.15, 0.2) is 58.2 Å². The Hall–Kier alpha value is -5.59. The number of anilines is 1. The number of carbonyl (C=O) groups excluding carboxylic acids is 5. The highest BCUT2D eigenvalue weighted by atomic mass is 35.5. The van der Waals surface area contributed by atoms with E-state index in [1.165, 1.54) is 0 Å². The number of likely N-dealkylation sites (tertiary alicyclic amines) is 1. The van der Waals surface area contributed by atoms with Gasteiger partial charge in [0, 0.05) is 81.8 Å². The fraction of sp³-hybridized carbons (Fsp3) is 0.476. The maximum absolute atomic E-state index is 13.3. The van der Waals surface area contributed by atoms with Crippen molar-refractivity contribution < 1.29 is 28.7 Å². The van der Waals surface area contributed by atoms with Crippen LogP contribution in [0.3, 0.4) is 0 Å². The number of carbonyl (C=O) groups is 5. The number of fused-ring (bicyclic) bond motifs is 1. The van der Waals surface area contributed by atoms with Crippen LogP contribution in [-0.2, 0) is 14.4 Å². The first-order valence-electron chi connectivity index (χ1n) is 20.0. The second-order valence-corrected chi connectivity index (χ2v) is 16.0. The number of piperazine rings is 1. The van der Waals surface area contributed by atoms with Crippen molar-refractivity contribution in [2.24, 2.45) is 15.9 Å². The average molecular weight is 810 g/mol. The van der Waals surface area contributed by atoms with E-state index in [9.17, 15) is 24.0 Å². The summed E-state index contributed by atoms with van der Waals surface area (Å²) in [7, 11) is 0. The number of nitrogens with zero attached hydrogens (tertiary/aromatic N) is 7. The Kier molecular flexibility index (Phi) is 12.5. The SMILES string of the molecule is C=NC(=N/C=C(\C)C(=O)NC1CCC(Oc2ccc(C#N)c(Cl)c2)CC1)N1CCC(CN2CCN(c3ccc4c(c3)C(=O)N(C3CCC(=O)NC3=O)C4=O)CC2)CC1. The lowest BCUT2D eigenvalue weighted by Gasteiger charge is -2.39. The monoisotopic (exact) mass is 809 g/mol. The molecule has 0 bridgehead atoms. The minimum absolute atomic E-state index is 0.0168. The van der Waals surface area contributed by atoms with Crippen LogP contribution in [0.5, 0.6) is 5.75 Å². The van der Waals surface area contributed by atoms with E-state index in [0.29, 0.717) is 39.3 Å². The zero-order valence-corrected chi connectivity index (χ0v) is 33.4. The molecule has 16 heteroatoms. The van der Waals surface area contributed by atoms with Crippen LogP contribution in [0.1, 0.15) is 84.6 Å². The Morgan fingerprint density at radius 2 is 1.69 bits per heavy atom. The second kappa shape index (κ2) is 17.9. The van der Waals surface area contributed by atoms with E-state index in [2.05, 4.69) is 42.0 Å². The fourth-order valence-corrected chi connectivity index (χ4v) is 8.65. The molecular weight excluding hydrogens is 762 g/mol. The number of nitrogens with one attached hydrogen (secondary N) is 2. The molecule has 58 heavy (non-hydrogen) atoms. The van der Waals surface area contributed by atoms with Gasteiger partial charge < -0.3 is 19.9 Å². The van der Waals surface area contributed by atoms with Crippen LogP contribution < -0.4 is 20.3 Å². The molecule has 0 spiro atoms. The summed E-state index contributed by atoms with van der Waals surface area (Å²) in [5, 5.41) is 14.8. The summed E-state index contributed by atoms with van der Waals surface area (Å²) in [5.41, 5.74) is 2.35. The fourth-order valence-electron chi connectivity index (χ4n) is 8.44. The standard InChI is InChI=1S/C42H48ClN9O6/c1-26(38(54)47-29-4-8-31(9-5-29)58-32-7-3-28(23-44)35(43)22-32)24-46-42(45-2)51-15-13-27(14-16-51)25-49-17-19-50(20-18-49)30-6-10-33-34(21-30)41(57)52(40(33)56)36-11-12-37(53)48-39(36)55/h3,6-7,10,21-22,24,27,29,31,36H,2,4-5,8-9,11-20,25H2,1H3,(H,47,54)(H,48,53,55)/b26-24+,46-42?. The first-order chi connectivity index (χ1) is 28.0. The number of hydrogen-bond donors (Lipinski definition) is 2. The number of hydrogen-bond acceptors (Lipinski definition) is 10. The number of guanidine groups is 1. The molecule has 2 N–H and O–H groups in total. The number of rotatable bonds is 9. The first-order valence-corrected chi connectivity index (χ1v) is 20.4. The highest BCUT2D eigenvalue weighted by molar-refractivity contribution is 6.31. The molecule has 7 rings (SSSR count). The second-order valence-electron chi connectivity index (χ2n) is 15.6. The smallest absolute Gasteiger partial charge is 0.262 e. The Morgan fingerprint density at radius 3 is 2.36 bits per heavy atom. The van der Waals surface area contributed by atoms with Gasteiger partial charge >= 0.3 is 0 Å². The number of amides is 5. The third kappa shape index (κ3) is 9.08. The summed E-state index contributed by atoms with van der Waals surface area (Å²) in [5.74, 6) is -0.513. The van der Waals surface area contributed by atoms with Gasteiger partial charge in [0.15, 0.2) is 0 Å². The number of imide groups is 2. The molecule has 5 aliphatic rings. The van der Waals surface area contributed by atoms with Crippen molar-refractivity contribution >= 4 is 59.5 Å². The van der Waals surface area contributed by atoms with Gasteiger partial charge in [0.1, 0.15) is 17.9 Å². The molecule has 4 aliphatic heterocycles. The molecule has 1 aliphatic carbocycles. The van der Waals surface area contributed by atoms with Crippen LogP contribution in [0, 0.1) is 17.2 Å². The van der Waals surface area contributed by atoms with Gasteiger partial charge in [-0.05, 0) is 94.8 Å². The molecule has 4 fully saturated rings. The largest absolute Gasteiger partial charge is 0.490 e. The third-order valence-corrected chi connectivity index (χ3v) is 12.1. The van der Waals surface area contributed by atoms with Crippen molar-refractivity contribution in [3.05, 3.63) is 69.9 Å². The van der Waals surface area contributed by atoms with E-state index in [1.807, 2.05) is 12.1 Å². The van der Waals surface area contributed by atoms with Gasteiger partial charge in [-0.1, -0.05) is 11.6 Å². The zero-order valence-electron chi connectivity index (χ0n) is 32.6. The minimum Gasteiger partial charge on any atom is -0.490 e. The molecule has 1 saturated carbocycles. The summed E-state index contributed by atoms with van der Waals surface area (Å²) >= 11 is 6.15. The molecule has 0 aromatic heterocycles. The normalized spacial score (nSPS) is 23.7. The lowest BCUT2D eigenvalue weighted by atomic mass is 9.92. The number of ether oxygens (including phenoxy) is 1. The Balaban J connectivity index is 0.829. The van der Waals surface area contributed by atoms with E-state index in [4.69, 9.17) is 21.6 Å². The number of aliphatic imine (C=N–C) groups is 2. The number of halogens is 1. The maximum atomic E-state index is 13.3. The number of nitriles is 1. The van der Waals surface area contributed by atoms with Gasteiger partial charge in [0.25, 0.3) is 11.8 Å². The van der Waals surface area contributed by atoms with E-state index in [1.54, 1.807) is 43.5 Å². The average Bonchev–Trinajstić information content (AvgIpc) is 3.47. The summed E-state index contributed by atoms with van der Waals surface area (Å²) < 4.78 is 6.08. The van der Waals surface area contributed by atoms with E-state index in [-0.39, 0.29) is 36.5 Å². The summed E-state index contributed by atoms with van der Waals surface area (Å²) in [6.07, 6.45) is 6.91. The lowest BCUT2D eigenvalue weighted by molar-refractivity contribution is -0.136. The molecule has 4 heterocycles. The van der Waals surface area contributed by atoms with E-state index in [0.717, 1.165) is 94.9 Å². The van der Waals surface area contributed by atoms with Gasteiger partial charge in [-0.25, -0.2) is 9.98 Å². The van der Waals surface area contributed by atoms with Crippen LogP contribution in [0.2, 0.25) is 5.02 Å². The predicted octanol–water partition coefficient (Wildman–Crippen LogP) is 3.91. The molecule has 1 atom stereocenters. The highest BCUT2D eigenvalue weighted by Gasteiger charge is 2.45. The van der Waals surface area contributed by atoms with E-state index < -0.39 is 29.7 Å². The quantitative estimate of drug-likeness (QED) is 0.163. The molecule has 2 aromatic carbocycles. The summed E-state index contributed by atoms with van der Waals surface area (Å²) in [6.45, 7) is 11.3. The zero-order chi connectivity index (χ0) is 40.9. The van der Waals surface area contributed by atoms with Gasteiger partial charge in [0.2, 0.25) is 23.7 Å². The molecule has 0 radical (unpaired) electrons. The molecule has 1 unspecified atom stereocenters. The van der Waals surface area contributed by atoms with Crippen LogP contribution in [0.25, 0.3) is 0 Å². The molecule has 2 aromatic rings. The lowest BCUT2D eigenvalue weighted by Crippen LogP contribution is -2.54. The molecular formula is C42H48ClN9O6. The van der Waals surface area contributed by atoms with Gasteiger partial charge in [-0.15, -0.1) is 0 Å². The Bertz CT molecular complexity index is 2070. The predicted molar refractivity (Wildman–Crippen MR) is 218 cm³/mol. The maximum Gasteiger partial charge on any atom is 0.262 e.